The predicted molar refractivity (Wildman–Crippen MR) is 75.6 cm³/mol. The maximum Gasteiger partial charge on any atom is 0.336 e. The predicted octanol–water partition coefficient (Wildman–Crippen LogP) is 3.42. The van der Waals surface area contributed by atoms with Gasteiger partial charge < -0.3 is 19.4 Å². The smallest absolute Gasteiger partial charge is 0.336 e. The van der Waals surface area contributed by atoms with Crippen molar-refractivity contribution in [2.45, 2.75) is 6.61 Å². The van der Waals surface area contributed by atoms with Gasteiger partial charge >= 0.3 is 5.97 Å². The van der Waals surface area contributed by atoms with E-state index in [1.807, 2.05) is 0 Å². The Labute approximate surface area is 120 Å². The highest BCUT2D eigenvalue weighted by Crippen LogP contribution is 2.24. The van der Waals surface area contributed by atoms with Gasteiger partial charge in [-0.25, -0.2) is 4.79 Å². The van der Waals surface area contributed by atoms with Crippen LogP contribution in [0.2, 0.25) is 0 Å². The number of phenols is 1. The van der Waals surface area contributed by atoms with Crippen LogP contribution in [0, 0.1) is 0 Å². The van der Waals surface area contributed by atoms with Gasteiger partial charge in [-0.1, -0.05) is 6.07 Å². The van der Waals surface area contributed by atoms with E-state index >= 15 is 0 Å². The second-order valence-electron chi connectivity index (χ2n) is 4.52. The molecule has 2 aromatic carbocycles. The highest BCUT2D eigenvalue weighted by molar-refractivity contribution is 6.02. The number of furan rings is 1. The quantitative estimate of drug-likeness (QED) is 0.767. The molecule has 5 heteroatoms. The highest BCUT2D eigenvalue weighted by Gasteiger charge is 2.12. The summed E-state index contributed by atoms with van der Waals surface area (Å²) in [7, 11) is 0. The Morgan fingerprint density at radius 1 is 1.14 bits per heavy atom. The third kappa shape index (κ3) is 2.67. The zero-order valence-corrected chi connectivity index (χ0v) is 10.9. The number of aromatic hydroxyl groups is 1. The number of aromatic carboxylic acids is 1. The van der Waals surface area contributed by atoms with Crippen molar-refractivity contribution < 1.29 is 24.2 Å². The molecule has 0 saturated heterocycles. The highest BCUT2D eigenvalue weighted by atomic mass is 16.5. The number of fused-ring (bicyclic) bond motifs is 1. The first-order chi connectivity index (χ1) is 10.1. The average molecular weight is 284 g/mol. The van der Waals surface area contributed by atoms with E-state index in [1.54, 1.807) is 30.3 Å². The van der Waals surface area contributed by atoms with Crippen LogP contribution < -0.4 is 4.74 Å². The molecular formula is C16H12O5. The molecule has 0 aliphatic heterocycles. The zero-order chi connectivity index (χ0) is 14.8. The maximum absolute atomic E-state index is 11.1. The number of hydrogen-bond donors (Lipinski definition) is 2. The Hall–Kier alpha value is -2.95. The first kappa shape index (κ1) is 13.1. The van der Waals surface area contributed by atoms with E-state index < -0.39 is 5.97 Å². The fourth-order valence-corrected chi connectivity index (χ4v) is 2.07. The van der Waals surface area contributed by atoms with Crippen molar-refractivity contribution in [3.8, 4) is 11.5 Å². The molecule has 0 aliphatic carbocycles. The molecule has 2 N–H and O–H groups in total. The fourth-order valence-electron chi connectivity index (χ4n) is 2.07. The summed E-state index contributed by atoms with van der Waals surface area (Å²) in [6.07, 6.45) is 0. The van der Waals surface area contributed by atoms with Crippen LogP contribution in [0.1, 0.15) is 16.1 Å². The summed E-state index contributed by atoms with van der Waals surface area (Å²) in [5.41, 5.74) is 0.714. The molecular weight excluding hydrogens is 272 g/mol. The number of benzene rings is 2. The van der Waals surface area contributed by atoms with E-state index in [1.165, 1.54) is 18.2 Å². The first-order valence-corrected chi connectivity index (χ1v) is 6.30. The van der Waals surface area contributed by atoms with Crippen molar-refractivity contribution in [2.24, 2.45) is 0 Å². The minimum absolute atomic E-state index is 0.164. The van der Waals surface area contributed by atoms with Crippen molar-refractivity contribution in [1.82, 2.24) is 0 Å². The Bertz CT molecular complexity index is 786. The summed E-state index contributed by atoms with van der Waals surface area (Å²) < 4.78 is 11.1. The van der Waals surface area contributed by atoms with Gasteiger partial charge in [-0.15, -0.1) is 0 Å². The van der Waals surface area contributed by atoms with Crippen molar-refractivity contribution in [2.75, 3.05) is 0 Å². The largest absolute Gasteiger partial charge is 0.508 e. The molecule has 1 aromatic heterocycles. The van der Waals surface area contributed by atoms with Crippen LogP contribution >= 0.6 is 0 Å². The van der Waals surface area contributed by atoms with Crippen molar-refractivity contribution in [1.29, 1.82) is 0 Å². The Morgan fingerprint density at radius 3 is 2.62 bits per heavy atom. The first-order valence-electron chi connectivity index (χ1n) is 6.30. The molecule has 1 heterocycles. The summed E-state index contributed by atoms with van der Waals surface area (Å²) in [5, 5.41) is 18.9. The second kappa shape index (κ2) is 5.20. The summed E-state index contributed by atoms with van der Waals surface area (Å²) in [6, 6.07) is 12.9. The Kier molecular flexibility index (Phi) is 3.23. The van der Waals surface area contributed by atoms with E-state index in [0.717, 1.165) is 0 Å². The number of ether oxygens (including phenoxy) is 1. The molecule has 3 aromatic rings. The van der Waals surface area contributed by atoms with Crippen LogP contribution in [-0.4, -0.2) is 16.2 Å². The van der Waals surface area contributed by atoms with Crippen molar-refractivity contribution in [3.05, 3.63) is 59.9 Å². The van der Waals surface area contributed by atoms with Gasteiger partial charge in [0.25, 0.3) is 0 Å². The normalized spacial score (nSPS) is 10.7. The van der Waals surface area contributed by atoms with Gasteiger partial charge in [-0.05, 0) is 42.5 Å². The van der Waals surface area contributed by atoms with Crippen LogP contribution in [0.3, 0.4) is 0 Å². The number of carboxylic acids is 1. The standard InChI is InChI=1S/C16H12O5/c17-10-4-6-11(7-5-10)20-9-12-8-14-13(16(18)19)2-1-3-15(14)21-12/h1-8,17H,9H2,(H,18,19). The number of rotatable bonds is 4. The summed E-state index contributed by atoms with van der Waals surface area (Å²) >= 11 is 0. The molecule has 0 bridgehead atoms. The van der Waals surface area contributed by atoms with Gasteiger partial charge in [-0.2, -0.15) is 0 Å². The molecule has 21 heavy (non-hydrogen) atoms. The Morgan fingerprint density at radius 2 is 1.90 bits per heavy atom. The number of phenolic OH excluding ortho intramolecular Hbond substituents is 1. The van der Waals surface area contributed by atoms with E-state index in [4.69, 9.17) is 14.3 Å². The lowest BCUT2D eigenvalue weighted by Crippen LogP contribution is -1.95. The molecule has 0 aliphatic rings. The Balaban J connectivity index is 1.83. The van der Waals surface area contributed by atoms with E-state index in [-0.39, 0.29) is 17.9 Å². The van der Waals surface area contributed by atoms with Gasteiger partial charge in [0.2, 0.25) is 0 Å². The lowest BCUT2D eigenvalue weighted by molar-refractivity contribution is 0.0699. The van der Waals surface area contributed by atoms with Crippen LogP contribution in [0.5, 0.6) is 11.5 Å². The van der Waals surface area contributed by atoms with Gasteiger partial charge in [0.15, 0.2) is 0 Å². The molecule has 106 valence electrons. The zero-order valence-electron chi connectivity index (χ0n) is 10.9. The van der Waals surface area contributed by atoms with Crippen LogP contribution in [-0.2, 0) is 6.61 Å². The van der Waals surface area contributed by atoms with Crippen LogP contribution in [0.15, 0.2) is 52.9 Å². The molecule has 0 fully saturated rings. The van der Waals surface area contributed by atoms with Crippen molar-refractivity contribution >= 4 is 16.9 Å². The number of carbonyl (C=O) groups is 1. The summed E-state index contributed by atoms with van der Waals surface area (Å²) in [4.78, 5) is 11.1. The van der Waals surface area contributed by atoms with E-state index in [2.05, 4.69) is 0 Å². The van der Waals surface area contributed by atoms with Gasteiger partial charge in [0.05, 0.1) is 5.56 Å². The number of carboxylic acid groups (broad SMARTS) is 1. The molecule has 0 radical (unpaired) electrons. The minimum Gasteiger partial charge on any atom is -0.508 e. The number of hydrogen-bond acceptors (Lipinski definition) is 4. The molecule has 0 spiro atoms. The monoisotopic (exact) mass is 284 g/mol. The fraction of sp³-hybridized carbons (Fsp3) is 0.0625. The van der Waals surface area contributed by atoms with Crippen molar-refractivity contribution in [3.63, 3.8) is 0 Å². The van der Waals surface area contributed by atoms with E-state index in [0.29, 0.717) is 22.5 Å². The third-order valence-electron chi connectivity index (χ3n) is 3.06. The maximum atomic E-state index is 11.1. The summed E-state index contributed by atoms with van der Waals surface area (Å²) in [5.74, 6) is 0.295. The van der Waals surface area contributed by atoms with Crippen LogP contribution in [0.25, 0.3) is 11.0 Å². The molecule has 5 nitrogen and oxygen atoms in total. The van der Waals surface area contributed by atoms with Gasteiger partial charge in [0.1, 0.15) is 29.4 Å². The minimum atomic E-state index is -0.993. The molecule has 0 saturated carbocycles. The van der Waals surface area contributed by atoms with E-state index in [9.17, 15) is 9.90 Å². The van der Waals surface area contributed by atoms with Gasteiger partial charge in [0, 0.05) is 5.39 Å². The molecule has 0 unspecified atom stereocenters. The topological polar surface area (TPSA) is 79.9 Å². The van der Waals surface area contributed by atoms with Gasteiger partial charge in [-0.3, -0.25) is 0 Å². The summed E-state index contributed by atoms with van der Waals surface area (Å²) in [6.45, 7) is 0.179. The lowest BCUT2D eigenvalue weighted by atomic mass is 10.1. The average Bonchev–Trinajstić information content (AvgIpc) is 2.89. The molecule has 0 amide bonds. The second-order valence-corrected chi connectivity index (χ2v) is 4.52. The molecule has 3 rings (SSSR count). The third-order valence-corrected chi connectivity index (χ3v) is 3.06. The SMILES string of the molecule is O=C(O)c1cccc2oc(COc3ccc(O)cc3)cc12. The lowest BCUT2D eigenvalue weighted by Gasteiger charge is -2.03. The van der Waals surface area contributed by atoms with Crippen LogP contribution in [0.4, 0.5) is 0 Å². The molecule has 0 atom stereocenters.